The Morgan fingerprint density at radius 1 is 1.29 bits per heavy atom. The fraction of sp³-hybridized carbons (Fsp3) is 0.389. The number of anilines is 2. The van der Waals surface area contributed by atoms with Crippen LogP contribution in [0.5, 0.6) is 6.01 Å². The average Bonchev–Trinajstić information content (AvgIpc) is 3.51. The van der Waals surface area contributed by atoms with E-state index in [2.05, 4.69) is 35.1 Å². The number of H-pyrrole nitrogens is 1. The number of carbonyl (C=O) groups excluding carboxylic acids is 2. The van der Waals surface area contributed by atoms with Gasteiger partial charge in [0.25, 0.3) is 5.91 Å². The number of aromatic nitrogens is 4. The summed E-state index contributed by atoms with van der Waals surface area (Å²) in [4.78, 5) is 37.6. The summed E-state index contributed by atoms with van der Waals surface area (Å²) in [6, 6.07) is 1.91. The van der Waals surface area contributed by atoms with Gasteiger partial charge in [-0.25, -0.2) is 14.8 Å². The van der Waals surface area contributed by atoms with Crippen LogP contribution in [0.1, 0.15) is 10.4 Å². The summed E-state index contributed by atoms with van der Waals surface area (Å²) in [6.07, 6.45) is 3.26. The number of ether oxygens (including phenoxy) is 1. The number of amides is 3. The Hall–Kier alpha value is -3.45. The number of pyridine rings is 1. The van der Waals surface area contributed by atoms with Crippen molar-refractivity contribution in [2.24, 2.45) is 17.6 Å². The van der Waals surface area contributed by atoms with Gasteiger partial charge in [-0.15, -0.1) is 4.37 Å². The van der Waals surface area contributed by atoms with Crippen molar-refractivity contribution in [3.8, 4) is 6.01 Å². The third-order valence-corrected chi connectivity index (χ3v) is 6.31. The fourth-order valence-electron chi connectivity index (χ4n) is 4.24. The average molecular weight is 443 g/mol. The second-order valence-electron chi connectivity index (χ2n) is 7.61. The summed E-state index contributed by atoms with van der Waals surface area (Å²) in [5.41, 5.74) is 10.6. The molecule has 2 atom stereocenters. The number of carbonyl (C=O) groups is 2. The molecular formula is C18H21N9O3S. The number of urea groups is 1. The number of nitrogens with one attached hydrogen (secondary N) is 3. The predicted molar refractivity (Wildman–Crippen MR) is 114 cm³/mol. The minimum absolute atomic E-state index is 0.188. The van der Waals surface area contributed by atoms with E-state index in [1.165, 1.54) is 13.3 Å². The predicted octanol–water partition coefficient (Wildman–Crippen LogP) is 0.944. The first-order chi connectivity index (χ1) is 15.0. The molecule has 0 saturated carbocycles. The molecule has 0 radical (unpaired) electrons. The van der Waals surface area contributed by atoms with Crippen molar-refractivity contribution < 1.29 is 14.3 Å². The molecule has 0 bridgehead atoms. The summed E-state index contributed by atoms with van der Waals surface area (Å²) in [5.74, 6) is 0.110. The summed E-state index contributed by atoms with van der Waals surface area (Å²) in [5, 5.41) is 6.07. The van der Waals surface area contributed by atoms with Crippen LogP contribution in [0, 0.1) is 11.8 Å². The molecule has 3 aromatic rings. The van der Waals surface area contributed by atoms with Gasteiger partial charge < -0.3 is 25.8 Å². The summed E-state index contributed by atoms with van der Waals surface area (Å²) < 4.78 is 8.92. The first-order valence-corrected chi connectivity index (χ1v) is 10.5. The van der Waals surface area contributed by atoms with Gasteiger partial charge in [-0.3, -0.25) is 10.1 Å². The third-order valence-electron chi connectivity index (χ3n) is 5.70. The highest BCUT2D eigenvalue weighted by molar-refractivity contribution is 7.10. The molecule has 0 aliphatic carbocycles. The Morgan fingerprint density at radius 2 is 2.06 bits per heavy atom. The van der Waals surface area contributed by atoms with Crippen LogP contribution in [-0.4, -0.2) is 74.5 Å². The first-order valence-electron chi connectivity index (χ1n) is 9.73. The lowest BCUT2D eigenvalue weighted by Gasteiger charge is -2.24. The molecule has 2 fully saturated rings. The maximum absolute atomic E-state index is 12.6. The van der Waals surface area contributed by atoms with E-state index in [0.29, 0.717) is 47.0 Å². The van der Waals surface area contributed by atoms with Gasteiger partial charge in [0, 0.05) is 55.5 Å². The van der Waals surface area contributed by atoms with Gasteiger partial charge in [0.05, 0.1) is 18.4 Å². The number of methoxy groups -OCH3 is 1. The minimum atomic E-state index is -0.534. The zero-order chi connectivity index (χ0) is 21.5. The Morgan fingerprint density at radius 3 is 2.74 bits per heavy atom. The lowest BCUT2D eigenvalue weighted by molar-refractivity contribution is 0.100. The number of primary amides is 1. The van der Waals surface area contributed by atoms with Gasteiger partial charge >= 0.3 is 12.0 Å². The molecule has 2 aliphatic heterocycles. The lowest BCUT2D eigenvalue weighted by Crippen LogP contribution is -2.37. The Balaban J connectivity index is 1.23. The number of fused-ring (bicyclic) bond motifs is 2. The number of hydrazine groups is 1. The van der Waals surface area contributed by atoms with E-state index in [1.807, 2.05) is 6.07 Å². The third kappa shape index (κ3) is 3.61. The van der Waals surface area contributed by atoms with Crippen LogP contribution >= 0.6 is 11.5 Å². The smallest absolute Gasteiger partial charge is 0.329 e. The van der Waals surface area contributed by atoms with Crippen LogP contribution in [0.3, 0.4) is 0 Å². The highest BCUT2D eigenvalue weighted by Gasteiger charge is 2.42. The van der Waals surface area contributed by atoms with E-state index < -0.39 is 5.91 Å². The van der Waals surface area contributed by atoms with E-state index in [-0.39, 0.29) is 12.0 Å². The van der Waals surface area contributed by atoms with Crippen LogP contribution in [0.15, 0.2) is 18.5 Å². The molecule has 0 spiro atoms. The summed E-state index contributed by atoms with van der Waals surface area (Å²) in [6.45, 7) is 2.77. The quantitative estimate of drug-likeness (QED) is 0.454. The lowest BCUT2D eigenvalue weighted by atomic mass is 10.0. The molecule has 2 unspecified atom stereocenters. The van der Waals surface area contributed by atoms with Gasteiger partial charge in [-0.2, -0.15) is 4.98 Å². The molecule has 0 aromatic carbocycles. The highest BCUT2D eigenvalue weighted by atomic mass is 32.1. The molecule has 5 N–H and O–H groups in total. The minimum Gasteiger partial charge on any atom is -0.466 e. The van der Waals surface area contributed by atoms with Gasteiger partial charge in [0.15, 0.2) is 0 Å². The molecule has 13 heteroatoms. The molecule has 3 amide bonds. The second-order valence-corrected chi connectivity index (χ2v) is 8.36. The van der Waals surface area contributed by atoms with Gasteiger partial charge in [-0.05, 0) is 17.9 Å². The molecule has 162 valence electrons. The van der Waals surface area contributed by atoms with Crippen molar-refractivity contribution in [2.75, 3.05) is 44.0 Å². The molecule has 12 nitrogen and oxygen atoms in total. The van der Waals surface area contributed by atoms with Gasteiger partial charge in [0.1, 0.15) is 5.65 Å². The van der Waals surface area contributed by atoms with Crippen LogP contribution < -0.4 is 21.2 Å². The summed E-state index contributed by atoms with van der Waals surface area (Å²) in [7, 11) is 1.48. The van der Waals surface area contributed by atoms with Crippen molar-refractivity contribution in [2.45, 2.75) is 0 Å². The summed E-state index contributed by atoms with van der Waals surface area (Å²) >= 11 is 1.08. The number of likely N-dealkylation sites (tertiary alicyclic amines) is 1. The van der Waals surface area contributed by atoms with E-state index in [4.69, 9.17) is 10.5 Å². The SMILES string of the molecule is COc1nsc(NC(=O)N2CC3CN(Nc4c(C(N)=O)cnc5[nH]ccc45)CC3C2)n1. The number of rotatable bonds is 5. The fourth-order valence-corrected chi connectivity index (χ4v) is 4.77. The van der Waals surface area contributed by atoms with Crippen molar-refractivity contribution >= 4 is 45.3 Å². The number of hydrogen-bond donors (Lipinski definition) is 4. The normalized spacial score (nSPS) is 20.7. The zero-order valence-corrected chi connectivity index (χ0v) is 17.5. The van der Waals surface area contributed by atoms with Crippen molar-refractivity contribution in [3.05, 3.63) is 24.0 Å². The molecule has 3 aromatic heterocycles. The van der Waals surface area contributed by atoms with Crippen LogP contribution in [-0.2, 0) is 0 Å². The molecular weight excluding hydrogens is 422 g/mol. The zero-order valence-electron chi connectivity index (χ0n) is 16.7. The Bertz CT molecular complexity index is 1130. The van der Waals surface area contributed by atoms with E-state index >= 15 is 0 Å². The number of nitrogens with two attached hydrogens (primary N) is 1. The van der Waals surface area contributed by atoms with Crippen LogP contribution in [0.2, 0.25) is 0 Å². The number of hydrogen-bond acceptors (Lipinski definition) is 9. The van der Waals surface area contributed by atoms with E-state index in [0.717, 1.165) is 30.0 Å². The van der Waals surface area contributed by atoms with Crippen LogP contribution in [0.25, 0.3) is 11.0 Å². The number of nitrogens with zero attached hydrogens (tertiary/aromatic N) is 5. The maximum Gasteiger partial charge on any atom is 0.329 e. The second kappa shape index (κ2) is 7.67. The van der Waals surface area contributed by atoms with E-state index in [1.54, 1.807) is 11.1 Å². The van der Waals surface area contributed by atoms with Crippen molar-refractivity contribution in [1.82, 2.24) is 29.2 Å². The standard InChI is InChI=1S/C18H21N9O3S/c1-30-16-22-17(31-25-16)23-18(29)26-5-9-7-27(8-10(9)6-26)24-13-11-2-3-20-15(11)21-4-12(13)14(19)28/h2-4,9-10H,5-8H2,1H3,(H2,19,28)(H2,20,21,24)(H,22,23,25,29). The van der Waals surface area contributed by atoms with E-state index in [9.17, 15) is 9.59 Å². The van der Waals surface area contributed by atoms with Crippen LogP contribution in [0.4, 0.5) is 15.6 Å². The largest absolute Gasteiger partial charge is 0.466 e. The Kier molecular flexibility index (Phi) is 4.82. The number of aromatic amines is 1. The molecule has 31 heavy (non-hydrogen) atoms. The van der Waals surface area contributed by atoms with Gasteiger partial charge in [-0.1, -0.05) is 0 Å². The first kappa shape index (κ1) is 19.5. The monoisotopic (exact) mass is 443 g/mol. The molecule has 2 saturated heterocycles. The topological polar surface area (TPSA) is 154 Å². The molecule has 5 rings (SSSR count). The van der Waals surface area contributed by atoms with Crippen molar-refractivity contribution in [1.29, 1.82) is 0 Å². The van der Waals surface area contributed by atoms with Gasteiger partial charge in [0.2, 0.25) is 5.13 Å². The molecule has 2 aliphatic rings. The molecule has 5 heterocycles. The maximum atomic E-state index is 12.6. The highest BCUT2D eigenvalue weighted by Crippen LogP contribution is 2.33. The Labute approximate surface area is 180 Å². The van der Waals surface area contributed by atoms with Crippen molar-refractivity contribution in [3.63, 3.8) is 0 Å².